The number of ether oxygens (including phenoxy) is 1. The highest BCUT2D eigenvalue weighted by atomic mass is 16.6. The zero-order valence-corrected chi connectivity index (χ0v) is 5.21. The van der Waals surface area contributed by atoms with Crippen LogP contribution in [-0.2, 0) is 4.74 Å². The fourth-order valence-corrected chi connectivity index (χ4v) is 0.601. The number of nitrogens with one attached hydrogen (secondary N) is 1. The maximum atomic E-state index is 9.03. The van der Waals surface area contributed by atoms with Gasteiger partial charge in [-0.2, -0.15) is 0 Å². The molecule has 0 aliphatic carbocycles. The fourth-order valence-electron chi connectivity index (χ4n) is 0.601. The van der Waals surface area contributed by atoms with E-state index in [0.29, 0.717) is 19.7 Å². The molecule has 0 aromatic rings. The summed E-state index contributed by atoms with van der Waals surface area (Å²) >= 11 is 0. The predicted octanol–water partition coefficient (Wildman–Crippen LogP) is -1.75. The van der Waals surface area contributed by atoms with Gasteiger partial charge in [0.05, 0.1) is 6.61 Å². The Morgan fingerprint density at radius 1 is 1.89 bits per heavy atom. The molecule has 2 atom stereocenters. The van der Waals surface area contributed by atoms with E-state index in [0.717, 1.165) is 0 Å². The van der Waals surface area contributed by atoms with Gasteiger partial charge < -0.3 is 15.6 Å². The topological polar surface area (TPSA) is 70.8 Å². The van der Waals surface area contributed by atoms with E-state index in [1.54, 1.807) is 0 Å². The Morgan fingerprint density at radius 2 is 2.56 bits per heavy atom. The van der Waals surface area contributed by atoms with E-state index in [4.69, 9.17) is 15.6 Å². The van der Waals surface area contributed by atoms with Gasteiger partial charge in [0.25, 0.3) is 0 Å². The van der Waals surface area contributed by atoms with Crippen LogP contribution in [-0.4, -0.2) is 37.1 Å². The van der Waals surface area contributed by atoms with Gasteiger partial charge in [0.15, 0.2) is 0 Å². The normalized spacial score (nSPS) is 28.0. The molecule has 0 amide bonds. The number of hydrogen-bond donors (Lipinski definition) is 3. The maximum Gasteiger partial charge on any atom is 0.133 e. The first-order chi connectivity index (χ1) is 4.34. The molecule has 4 N–H and O–H groups in total. The monoisotopic (exact) mass is 132 g/mol. The molecule has 0 spiro atoms. The minimum Gasteiger partial charge on any atom is -0.376 e. The SMILES string of the molecule is NCCNC(O)C1CO1. The lowest BCUT2D eigenvalue weighted by Gasteiger charge is -2.07. The average Bonchev–Trinajstić information content (AvgIpc) is 2.63. The summed E-state index contributed by atoms with van der Waals surface area (Å²) in [5.74, 6) is 0. The summed E-state index contributed by atoms with van der Waals surface area (Å²) < 4.78 is 4.81. The third kappa shape index (κ3) is 2.28. The summed E-state index contributed by atoms with van der Waals surface area (Å²) in [6, 6.07) is 0. The highest BCUT2D eigenvalue weighted by Crippen LogP contribution is 2.11. The molecule has 1 heterocycles. The number of nitrogens with two attached hydrogens (primary N) is 1. The van der Waals surface area contributed by atoms with Crippen LogP contribution >= 0.6 is 0 Å². The van der Waals surface area contributed by atoms with E-state index in [-0.39, 0.29) is 6.10 Å². The van der Waals surface area contributed by atoms with E-state index >= 15 is 0 Å². The Morgan fingerprint density at radius 3 is 3.00 bits per heavy atom. The van der Waals surface area contributed by atoms with Gasteiger partial charge in [0, 0.05) is 13.1 Å². The van der Waals surface area contributed by atoms with Gasteiger partial charge in [-0.25, -0.2) is 0 Å². The van der Waals surface area contributed by atoms with Crippen molar-refractivity contribution in [2.45, 2.75) is 12.3 Å². The summed E-state index contributed by atoms with van der Waals surface area (Å²) in [5.41, 5.74) is 5.18. The highest BCUT2D eigenvalue weighted by Gasteiger charge is 2.30. The second kappa shape index (κ2) is 3.12. The van der Waals surface area contributed by atoms with Crippen molar-refractivity contribution in [1.29, 1.82) is 0 Å². The standard InChI is InChI=1S/C5H12N2O2/c6-1-2-7-5(8)4-3-9-4/h4-5,7-8H,1-3,6H2. The van der Waals surface area contributed by atoms with E-state index in [2.05, 4.69) is 5.32 Å². The molecule has 1 fully saturated rings. The van der Waals surface area contributed by atoms with Crippen molar-refractivity contribution in [2.75, 3.05) is 19.7 Å². The molecule has 0 bridgehead atoms. The lowest BCUT2D eigenvalue weighted by molar-refractivity contribution is 0.104. The average molecular weight is 132 g/mol. The summed E-state index contributed by atoms with van der Waals surface area (Å²) in [6.45, 7) is 1.85. The Balaban J connectivity index is 1.96. The lowest BCUT2D eigenvalue weighted by Crippen LogP contribution is -2.36. The third-order valence-electron chi connectivity index (χ3n) is 1.21. The van der Waals surface area contributed by atoms with Crippen LogP contribution in [0, 0.1) is 0 Å². The number of rotatable bonds is 4. The molecule has 9 heavy (non-hydrogen) atoms. The Labute approximate surface area is 54.0 Å². The molecule has 0 aromatic heterocycles. The molecule has 1 rings (SSSR count). The maximum absolute atomic E-state index is 9.03. The van der Waals surface area contributed by atoms with Gasteiger partial charge in [0.2, 0.25) is 0 Å². The summed E-state index contributed by atoms with van der Waals surface area (Å²) in [6.07, 6.45) is -0.509. The quantitative estimate of drug-likeness (QED) is 0.313. The minimum absolute atomic E-state index is 0.0107. The Bertz CT molecular complexity index is 85.0. The van der Waals surface area contributed by atoms with Crippen molar-refractivity contribution in [3.05, 3.63) is 0 Å². The molecule has 0 aromatic carbocycles. The van der Waals surface area contributed by atoms with Crippen molar-refractivity contribution in [1.82, 2.24) is 5.32 Å². The number of hydrogen-bond acceptors (Lipinski definition) is 4. The van der Waals surface area contributed by atoms with Gasteiger partial charge in [-0.3, -0.25) is 5.32 Å². The van der Waals surface area contributed by atoms with Crippen LogP contribution in [0.5, 0.6) is 0 Å². The number of epoxide rings is 1. The first kappa shape index (κ1) is 6.95. The second-order valence-electron chi connectivity index (χ2n) is 2.06. The van der Waals surface area contributed by atoms with Crippen LogP contribution in [0.3, 0.4) is 0 Å². The second-order valence-corrected chi connectivity index (χ2v) is 2.06. The van der Waals surface area contributed by atoms with Gasteiger partial charge in [0.1, 0.15) is 12.3 Å². The Hall–Kier alpha value is -0.160. The van der Waals surface area contributed by atoms with Crippen LogP contribution in [0.4, 0.5) is 0 Å². The number of aliphatic hydroxyl groups is 1. The molecule has 1 aliphatic heterocycles. The molecule has 0 saturated carbocycles. The van der Waals surface area contributed by atoms with E-state index in [1.807, 2.05) is 0 Å². The molecule has 2 unspecified atom stereocenters. The lowest BCUT2D eigenvalue weighted by atomic mass is 10.4. The smallest absolute Gasteiger partial charge is 0.133 e. The largest absolute Gasteiger partial charge is 0.376 e. The number of aliphatic hydroxyl groups excluding tert-OH is 1. The fraction of sp³-hybridized carbons (Fsp3) is 1.00. The molecular formula is C5H12N2O2. The minimum atomic E-state index is -0.520. The molecular weight excluding hydrogens is 120 g/mol. The highest BCUT2D eigenvalue weighted by molar-refractivity contribution is 4.76. The molecule has 1 aliphatic rings. The van der Waals surface area contributed by atoms with Crippen molar-refractivity contribution in [2.24, 2.45) is 5.73 Å². The first-order valence-electron chi connectivity index (χ1n) is 3.07. The van der Waals surface area contributed by atoms with Gasteiger partial charge >= 0.3 is 0 Å². The van der Waals surface area contributed by atoms with E-state index in [9.17, 15) is 0 Å². The summed E-state index contributed by atoms with van der Waals surface area (Å²) in [7, 11) is 0. The van der Waals surface area contributed by atoms with Crippen LogP contribution < -0.4 is 11.1 Å². The van der Waals surface area contributed by atoms with Gasteiger partial charge in [-0.15, -0.1) is 0 Å². The van der Waals surface area contributed by atoms with Crippen LogP contribution in [0.2, 0.25) is 0 Å². The van der Waals surface area contributed by atoms with Crippen molar-refractivity contribution in [3.63, 3.8) is 0 Å². The molecule has 54 valence electrons. The molecule has 1 saturated heterocycles. The van der Waals surface area contributed by atoms with Gasteiger partial charge in [-0.05, 0) is 0 Å². The van der Waals surface area contributed by atoms with Crippen molar-refractivity contribution >= 4 is 0 Å². The van der Waals surface area contributed by atoms with Crippen molar-refractivity contribution < 1.29 is 9.84 Å². The zero-order chi connectivity index (χ0) is 6.69. The molecule has 4 heteroatoms. The van der Waals surface area contributed by atoms with Crippen LogP contribution in [0.15, 0.2) is 0 Å². The summed E-state index contributed by atoms with van der Waals surface area (Å²) in [5, 5.41) is 11.8. The first-order valence-corrected chi connectivity index (χ1v) is 3.07. The summed E-state index contributed by atoms with van der Waals surface area (Å²) in [4.78, 5) is 0. The van der Waals surface area contributed by atoms with Gasteiger partial charge in [-0.1, -0.05) is 0 Å². The van der Waals surface area contributed by atoms with Crippen LogP contribution in [0.1, 0.15) is 0 Å². The van der Waals surface area contributed by atoms with E-state index < -0.39 is 6.23 Å². The predicted molar refractivity (Wildman–Crippen MR) is 32.8 cm³/mol. The Kier molecular flexibility index (Phi) is 2.41. The molecule has 4 nitrogen and oxygen atoms in total. The van der Waals surface area contributed by atoms with E-state index in [1.165, 1.54) is 0 Å². The van der Waals surface area contributed by atoms with Crippen molar-refractivity contribution in [3.8, 4) is 0 Å². The zero-order valence-electron chi connectivity index (χ0n) is 5.21. The third-order valence-corrected chi connectivity index (χ3v) is 1.21. The molecule has 0 radical (unpaired) electrons. The van der Waals surface area contributed by atoms with Crippen LogP contribution in [0.25, 0.3) is 0 Å².